The summed E-state index contributed by atoms with van der Waals surface area (Å²) in [5.41, 5.74) is 8.27. The van der Waals surface area contributed by atoms with Gasteiger partial charge in [0.15, 0.2) is 0 Å². The second-order valence-electron chi connectivity index (χ2n) is 4.63. The van der Waals surface area contributed by atoms with Crippen molar-refractivity contribution in [1.29, 1.82) is 0 Å². The van der Waals surface area contributed by atoms with Crippen molar-refractivity contribution in [2.24, 2.45) is 0 Å². The van der Waals surface area contributed by atoms with Crippen LogP contribution in [0.5, 0.6) is 0 Å². The van der Waals surface area contributed by atoms with Crippen molar-refractivity contribution in [3.8, 4) is 0 Å². The van der Waals surface area contributed by atoms with Gasteiger partial charge in [0.05, 0.1) is 17.8 Å². The number of nitrogens with one attached hydrogen (secondary N) is 1. The van der Waals surface area contributed by atoms with Crippen LogP contribution in [0, 0.1) is 0 Å². The second kappa shape index (κ2) is 4.68. The number of aliphatic hydroxyl groups is 1. The lowest BCUT2D eigenvalue weighted by Crippen LogP contribution is -2.33. The molecule has 0 saturated heterocycles. The van der Waals surface area contributed by atoms with Crippen molar-refractivity contribution >= 4 is 22.9 Å². The molecule has 1 amide bonds. The van der Waals surface area contributed by atoms with Gasteiger partial charge in [-0.25, -0.2) is 0 Å². The monoisotopic (exact) mass is 274 g/mol. The molecule has 1 aromatic heterocycles. The Bertz CT molecular complexity index is 623. The molecule has 3 rings (SSSR count). The van der Waals surface area contributed by atoms with Gasteiger partial charge >= 0.3 is 0 Å². The Balaban J connectivity index is 1.84. The highest BCUT2D eigenvalue weighted by Crippen LogP contribution is 2.32. The van der Waals surface area contributed by atoms with Crippen LogP contribution < -0.4 is 11.1 Å². The Morgan fingerprint density at radius 1 is 1.37 bits per heavy atom. The van der Waals surface area contributed by atoms with Crippen molar-refractivity contribution < 1.29 is 9.90 Å². The molecule has 98 valence electrons. The van der Waals surface area contributed by atoms with Crippen molar-refractivity contribution in [2.45, 2.75) is 18.6 Å². The molecule has 1 aliphatic carbocycles. The van der Waals surface area contributed by atoms with E-state index in [2.05, 4.69) is 5.32 Å². The van der Waals surface area contributed by atoms with E-state index in [-0.39, 0.29) is 11.9 Å². The Morgan fingerprint density at radius 3 is 2.89 bits per heavy atom. The van der Waals surface area contributed by atoms with Crippen LogP contribution in [0.15, 0.2) is 35.7 Å². The van der Waals surface area contributed by atoms with E-state index in [1.54, 1.807) is 11.4 Å². The number of hydrogen-bond donors (Lipinski definition) is 3. The van der Waals surface area contributed by atoms with Gasteiger partial charge in [-0.15, -0.1) is 11.3 Å². The molecule has 0 bridgehead atoms. The van der Waals surface area contributed by atoms with Crippen LogP contribution in [0.4, 0.5) is 5.69 Å². The predicted molar refractivity (Wildman–Crippen MR) is 75.1 cm³/mol. The molecule has 2 atom stereocenters. The summed E-state index contributed by atoms with van der Waals surface area (Å²) >= 11 is 1.30. The van der Waals surface area contributed by atoms with Gasteiger partial charge in [0, 0.05) is 6.42 Å². The zero-order valence-electron chi connectivity index (χ0n) is 10.2. The van der Waals surface area contributed by atoms with Crippen molar-refractivity contribution in [1.82, 2.24) is 5.32 Å². The third-order valence-electron chi connectivity index (χ3n) is 3.39. The van der Waals surface area contributed by atoms with Gasteiger partial charge in [-0.2, -0.15) is 0 Å². The lowest BCUT2D eigenvalue weighted by Gasteiger charge is -2.17. The second-order valence-corrected chi connectivity index (χ2v) is 5.54. The van der Waals surface area contributed by atoms with Crippen LogP contribution >= 0.6 is 11.3 Å². The molecule has 0 unspecified atom stereocenters. The van der Waals surface area contributed by atoms with E-state index < -0.39 is 6.10 Å². The van der Waals surface area contributed by atoms with E-state index in [0.717, 1.165) is 11.1 Å². The van der Waals surface area contributed by atoms with Crippen LogP contribution in [-0.4, -0.2) is 17.1 Å². The third kappa shape index (κ3) is 2.11. The summed E-state index contributed by atoms with van der Waals surface area (Å²) in [4.78, 5) is 12.6. The maximum absolute atomic E-state index is 12.1. The predicted octanol–water partition coefficient (Wildman–Crippen LogP) is 1.72. The first kappa shape index (κ1) is 12.2. The number of carbonyl (C=O) groups is 1. The number of nitrogens with two attached hydrogens (primary N) is 1. The SMILES string of the molecule is Nc1ccsc1C(=O)N[C@H]1c2ccccc2C[C@H]1O. The summed E-state index contributed by atoms with van der Waals surface area (Å²) in [7, 11) is 0. The van der Waals surface area contributed by atoms with E-state index in [0.29, 0.717) is 17.0 Å². The first-order valence-electron chi connectivity index (χ1n) is 6.06. The van der Waals surface area contributed by atoms with Crippen LogP contribution in [0.1, 0.15) is 26.8 Å². The molecule has 5 heteroatoms. The minimum atomic E-state index is -0.581. The smallest absolute Gasteiger partial charge is 0.264 e. The van der Waals surface area contributed by atoms with Crippen LogP contribution in [-0.2, 0) is 6.42 Å². The van der Waals surface area contributed by atoms with Gasteiger partial charge < -0.3 is 16.2 Å². The number of aliphatic hydroxyl groups excluding tert-OH is 1. The van der Waals surface area contributed by atoms with Gasteiger partial charge in [-0.05, 0) is 22.6 Å². The normalized spacial score (nSPS) is 21.1. The Labute approximate surface area is 114 Å². The number of fused-ring (bicyclic) bond motifs is 1. The van der Waals surface area contributed by atoms with E-state index in [9.17, 15) is 9.90 Å². The Hall–Kier alpha value is -1.85. The lowest BCUT2D eigenvalue weighted by atomic mass is 10.1. The zero-order chi connectivity index (χ0) is 13.4. The zero-order valence-corrected chi connectivity index (χ0v) is 11.0. The average molecular weight is 274 g/mol. The number of hydrogen-bond acceptors (Lipinski definition) is 4. The summed E-state index contributed by atoms with van der Waals surface area (Å²) in [6.45, 7) is 0. The van der Waals surface area contributed by atoms with Crippen LogP contribution in [0.3, 0.4) is 0 Å². The number of amides is 1. The maximum atomic E-state index is 12.1. The molecule has 0 fully saturated rings. The molecule has 0 spiro atoms. The summed E-state index contributed by atoms with van der Waals surface area (Å²) in [5, 5.41) is 14.7. The summed E-state index contributed by atoms with van der Waals surface area (Å²) in [6.07, 6.45) is -0.0105. The number of benzene rings is 1. The van der Waals surface area contributed by atoms with Crippen molar-refractivity contribution in [3.63, 3.8) is 0 Å². The number of carbonyl (C=O) groups excluding carboxylic acids is 1. The third-order valence-corrected chi connectivity index (χ3v) is 4.32. The van der Waals surface area contributed by atoms with Crippen molar-refractivity contribution in [2.75, 3.05) is 5.73 Å². The molecule has 0 saturated carbocycles. The molecule has 0 radical (unpaired) electrons. The summed E-state index contributed by atoms with van der Waals surface area (Å²) in [6, 6.07) is 9.12. The van der Waals surface area contributed by atoms with Crippen molar-refractivity contribution in [3.05, 3.63) is 51.7 Å². The molecule has 4 N–H and O–H groups in total. The van der Waals surface area contributed by atoms with E-state index in [1.165, 1.54) is 11.3 Å². The first-order chi connectivity index (χ1) is 9.16. The molecule has 1 aromatic carbocycles. The van der Waals surface area contributed by atoms with E-state index in [1.807, 2.05) is 24.3 Å². The molecule has 2 aromatic rings. The fourth-order valence-corrected chi connectivity index (χ4v) is 3.18. The molecule has 1 heterocycles. The largest absolute Gasteiger partial charge is 0.397 e. The van der Waals surface area contributed by atoms with Crippen LogP contribution in [0.25, 0.3) is 0 Å². The first-order valence-corrected chi connectivity index (χ1v) is 6.94. The molecule has 4 nitrogen and oxygen atoms in total. The molecule has 1 aliphatic rings. The van der Waals surface area contributed by atoms with Gasteiger partial charge in [0.2, 0.25) is 0 Å². The van der Waals surface area contributed by atoms with Gasteiger partial charge in [-0.3, -0.25) is 4.79 Å². The van der Waals surface area contributed by atoms with E-state index in [4.69, 9.17) is 5.73 Å². The maximum Gasteiger partial charge on any atom is 0.264 e. The van der Waals surface area contributed by atoms with Crippen LogP contribution in [0.2, 0.25) is 0 Å². The number of anilines is 1. The summed E-state index contributed by atoms with van der Waals surface area (Å²) < 4.78 is 0. The average Bonchev–Trinajstić information content (AvgIpc) is 2.94. The highest BCUT2D eigenvalue weighted by atomic mass is 32.1. The number of nitrogen functional groups attached to an aromatic ring is 1. The number of rotatable bonds is 2. The highest BCUT2D eigenvalue weighted by Gasteiger charge is 2.32. The standard InChI is InChI=1S/C14H14N2O2S/c15-10-5-6-19-13(10)14(18)16-12-9-4-2-1-3-8(9)7-11(12)17/h1-6,11-12,17H,7,15H2,(H,16,18)/t11-,12+/m1/s1. The quantitative estimate of drug-likeness (QED) is 0.780. The molecule has 19 heavy (non-hydrogen) atoms. The van der Waals surface area contributed by atoms with Gasteiger partial charge in [-0.1, -0.05) is 24.3 Å². The lowest BCUT2D eigenvalue weighted by molar-refractivity contribution is 0.0863. The summed E-state index contributed by atoms with van der Waals surface area (Å²) in [5.74, 6) is -0.228. The molecular formula is C14H14N2O2S. The van der Waals surface area contributed by atoms with Gasteiger partial charge in [0.25, 0.3) is 5.91 Å². The fraction of sp³-hybridized carbons (Fsp3) is 0.214. The van der Waals surface area contributed by atoms with E-state index >= 15 is 0 Å². The minimum Gasteiger partial charge on any atom is -0.397 e. The molecule has 0 aliphatic heterocycles. The fourth-order valence-electron chi connectivity index (χ4n) is 2.46. The Kier molecular flexibility index (Phi) is 3.00. The number of thiophene rings is 1. The topological polar surface area (TPSA) is 75.4 Å². The Morgan fingerprint density at radius 2 is 2.16 bits per heavy atom. The molecular weight excluding hydrogens is 260 g/mol. The minimum absolute atomic E-state index is 0.228. The van der Waals surface area contributed by atoms with Gasteiger partial charge in [0.1, 0.15) is 4.88 Å². The highest BCUT2D eigenvalue weighted by molar-refractivity contribution is 7.12.